The summed E-state index contributed by atoms with van der Waals surface area (Å²) in [5.41, 5.74) is 0.529. The van der Waals surface area contributed by atoms with Crippen LogP contribution in [-0.4, -0.2) is 11.0 Å². The van der Waals surface area contributed by atoms with Gasteiger partial charge in [0.2, 0.25) is 5.89 Å². The van der Waals surface area contributed by atoms with Gasteiger partial charge in [0, 0.05) is 6.04 Å². The third-order valence-electron chi connectivity index (χ3n) is 3.83. The minimum atomic E-state index is 0.218. The molecule has 0 spiro atoms. The van der Waals surface area contributed by atoms with Crippen molar-refractivity contribution < 1.29 is 4.42 Å². The van der Waals surface area contributed by atoms with Crippen molar-refractivity contribution in [1.29, 1.82) is 0 Å². The standard InChI is InChI=1S/C14H24N2O/c1-10-9-15-13(17-10)11(2)16-12-5-7-14(3,4)8-6-12/h9,11-12,16H,5-8H2,1-4H3. The fourth-order valence-corrected chi connectivity index (χ4v) is 2.56. The van der Waals surface area contributed by atoms with Crippen LogP contribution in [0.4, 0.5) is 0 Å². The third-order valence-corrected chi connectivity index (χ3v) is 3.83. The van der Waals surface area contributed by atoms with Gasteiger partial charge < -0.3 is 9.73 Å². The van der Waals surface area contributed by atoms with Crippen LogP contribution in [0.1, 0.15) is 64.1 Å². The fraction of sp³-hybridized carbons (Fsp3) is 0.786. The zero-order chi connectivity index (χ0) is 12.5. The molecule has 1 N–H and O–H groups in total. The molecule has 96 valence electrons. The quantitative estimate of drug-likeness (QED) is 0.871. The molecule has 0 aliphatic heterocycles. The molecular weight excluding hydrogens is 212 g/mol. The van der Waals surface area contributed by atoms with Crippen LogP contribution in [0.5, 0.6) is 0 Å². The first-order valence-electron chi connectivity index (χ1n) is 6.65. The number of hydrogen-bond donors (Lipinski definition) is 1. The maximum Gasteiger partial charge on any atom is 0.211 e. The minimum absolute atomic E-state index is 0.218. The van der Waals surface area contributed by atoms with E-state index < -0.39 is 0 Å². The molecule has 0 saturated heterocycles. The number of hydrogen-bond acceptors (Lipinski definition) is 3. The number of aromatic nitrogens is 1. The van der Waals surface area contributed by atoms with Gasteiger partial charge >= 0.3 is 0 Å². The van der Waals surface area contributed by atoms with E-state index in [2.05, 4.69) is 31.1 Å². The smallest absolute Gasteiger partial charge is 0.211 e. The minimum Gasteiger partial charge on any atom is -0.444 e. The van der Waals surface area contributed by atoms with Crippen molar-refractivity contribution in [2.75, 3.05) is 0 Å². The molecular formula is C14H24N2O. The monoisotopic (exact) mass is 236 g/mol. The van der Waals surface area contributed by atoms with Crippen LogP contribution >= 0.6 is 0 Å². The lowest BCUT2D eigenvalue weighted by molar-refractivity contribution is 0.195. The van der Waals surface area contributed by atoms with E-state index in [-0.39, 0.29) is 6.04 Å². The van der Waals surface area contributed by atoms with E-state index in [1.54, 1.807) is 6.20 Å². The van der Waals surface area contributed by atoms with Crippen molar-refractivity contribution in [2.45, 2.75) is 65.5 Å². The lowest BCUT2D eigenvalue weighted by Gasteiger charge is -2.35. The van der Waals surface area contributed by atoms with Crippen molar-refractivity contribution in [3.63, 3.8) is 0 Å². The topological polar surface area (TPSA) is 38.1 Å². The van der Waals surface area contributed by atoms with Crippen LogP contribution < -0.4 is 5.32 Å². The Kier molecular flexibility index (Phi) is 3.57. The summed E-state index contributed by atoms with van der Waals surface area (Å²) in [7, 11) is 0. The molecule has 17 heavy (non-hydrogen) atoms. The molecule has 1 aromatic rings. The van der Waals surface area contributed by atoms with Gasteiger partial charge in [-0.05, 0) is 44.9 Å². The van der Waals surface area contributed by atoms with Crippen LogP contribution in [0.25, 0.3) is 0 Å². The molecule has 1 aliphatic carbocycles. The van der Waals surface area contributed by atoms with Crippen LogP contribution in [0.15, 0.2) is 10.6 Å². The number of oxazole rings is 1. The zero-order valence-electron chi connectivity index (χ0n) is 11.4. The summed E-state index contributed by atoms with van der Waals surface area (Å²) in [6.07, 6.45) is 6.93. The third kappa shape index (κ3) is 3.32. The van der Waals surface area contributed by atoms with E-state index in [1.807, 2.05) is 6.92 Å². The number of nitrogens with zero attached hydrogens (tertiary/aromatic N) is 1. The van der Waals surface area contributed by atoms with E-state index in [0.717, 1.165) is 11.7 Å². The fourth-order valence-electron chi connectivity index (χ4n) is 2.56. The largest absolute Gasteiger partial charge is 0.444 e. The molecule has 1 aliphatic rings. The van der Waals surface area contributed by atoms with E-state index >= 15 is 0 Å². The summed E-state index contributed by atoms with van der Waals surface area (Å²) < 4.78 is 5.55. The molecule has 1 aromatic heterocycles. The Morgan fingerprint density at radius 2 is 2.06 bits per heavy atom. The van der Waals surface area contributed by atoms with Gasteiger partial charge in [0.25, 0.3) is 0 Å². The highest BCUT2D eigenvalue weighted by Crippen LogP contribution is 2.35. The number of rotatable bonds is 3. The van der Waals surface area contributed by atoms with Gasteiger partial charge in [-0.3, -0.25) is 0 Å². The van der Waals surface area contributed by atoms with Crippen molar-refractivity contribution >= 4 is 0 Å². The van der Waals surface area contributed by atoms with Gasteiger partial charge in [0.15, 0.2) is 0 Å². The maximum absolute atomic E-state index is 5.55. The summed E-state index contributed by atoms with van der Waals surface area (Å²) >= 11 is 0. The summed E-state index contributed by atoms with van der Waals surface area (Å²) in [4.78, 5) is 4.28. The summed E-state index contributed by atoms with van der Waals surface area (Å²) in [6, 6.07) is 0.833. The van der Waals surface area contributed by atoms with Gasteiger partial charge in [0.1, 0.15) is 5.76 Å². The highest BCUT2D eigenvalue weighted by Gasteiger charge is 2.28. The van der Waals surface area contributed by atoms with E-state index in [0.29, 0.717) is 11.5 Å². The zero-order valence-corrected chi connectivity index (χ0v) is 11.4. The van der Waals surface area contributed by atoms with Crippen LogP contribution in [-0.2, 0) is 0 Å². The molecule has 0 radical (unpaired) electrons. The molecule has 1 fully saturated rings. The molecule has 1 unspecified atom stereocenters. The van der Waals surface area contributed by atoms with Crippen molar-refractivity contribution in [1.82, 2.24) is 10.3 Å². The number of aryl methyl sites for hydroxylation is 1. The normalized spacial score (nSPS) is 22.6. The van der Waals surface area contributed by atoms with Crippen LogP contribution in [0.2, 0.25) is 0 Å². The van der Waals surface area contributed by atoms with Gasteiger partial charge in [-0.15, -0.1) is 0 Å². The van der Waals surface area contributed by atoms with Crippen molar-refractivity contribution in [2.24, 2.45) is 5.41 Å². The van der Waals surface area contributed by atoms with Gasteiger partial charge in [-0.2, -0.15) is 0 Å². The second-order valence-corrected chi connectivity index (χ2v) is 6.14. The van der Waals surface area contributed by atoms with E-state index in [4.69, 9.17) is 4.42 Å². The van der Waals surface area contributed by atoms with Gasteiger partial charge in [0.05, 0.1) is 12.2 Å². The lowest BCUT2D eigenvalue weighted by Crippen LogP contribution is -2.37. The highest BCUT2D eigenvalue weighted by molar-refractivity contribution is 4.96. The van der Waals surface area contributed by atoms with Crippen LogP contribution in [0.3, 0.4) is 0 Å². The molecule has 1 atom stereocenters. The average Bonchev–Trinajstić information content (AvgIpc) is 2.68. The Labute approximate surface area is 104 Å². The second-order valence-electron chi connectivity index (χ2n) is 6.14. The Morgan fingerprint density at radius 1 is 1.41 bits per heavy atom. The first kappa shape index (κ1) is 12.6. The van der Waals surface area contributed by atoms with Crippen molar-refractivity contribution in [3.8, 4) is 0 Å². The molecule has 1 heterocycles. The second kappa shape index (κ2) is 4.81. The summed E-state index contributed by atoms with van der Waals surface area (Å²) in [6.45, 7) is 8.80. The Hall–Kier alpha value is -0.830. The number of nitrogens with one attached hydrogen (secondary N) is 1. The Bertz CT molecular complexity index is 360. The Morgan fingerprint density at radius 3 is 2.59 bits per heavy atom. The molecule has 0 aromatic carbocycles. The van der Waals surface area contributed by atoms with E-state index in [9.17, 15) is 0 Å². The molecule has 0 bridgehead atoms. The average molecular weight is 236 g/mol. The van der Waals surface area contributed by atoms with Gasteiger partial charge in [-0.1, -0.05) is 13.8 Å². The first-order valence-corrected chi connectivity index (χ1v) is 6.65. The summed E-state index contributed by atoms with van der Waals surface area (Å²) in [5, 5.41) is 3.63. The molecule has 3 heteroatoms. The predicted octanol–water partition coefficient (Wildman–Crippen LogP) is 3.60. The maximum atomic E-state index is 5.55. The molecule has 0 amide bonds. The summed E-state index contributed by atoms with van der Waals surface area (Å²) in [5.74, 6) is 1.70. The molecule has 1 saturated carbocycles. The van der Waals surface area contributed by atoms with E-state index in [1.165, 1.54) is 25.7 Å². The Balaban J connectivity index is 1.86. The highest BCUT2D eigenvalue weighted by atomic mass is 16.4. The molecule has 3 nitrogen and oxygen atoms in total. The van der Waals surface area contributed by atoms with Crippen molar-refractivity contribution in [3.05, 3.63) is 17.8 Å². The van der Waals surface area contributed by atoms with Crippen LogP contribution in [0, 0.1) is 12.3 Å². The van der Waals surface area contributed by atoms with Gasteiger partial charge in [-0.25, -0.2) is 4.98 Å². The predicted molar refractivity (Wildman–Crippen MR) is 68.8 cm³/mol. The first-order chi connectivity index (χ1) is 7.96. The molecule has 2 rings (SSSR count). The SMILES string of the molecule is Cc1cnc(C(C)NC2CCC(C)(C)CC2)o1. The lowest BCUT2D eigenvalue weighted by atomic mass is 9.75.